The Morgan fingerprint density at radius 2 is 1.44 bits per heavy atom. The van der Waals surface area contributed by atoms with Crippen molar-refractivity contribution >= 4 is 85.2 Å². The molecule has 0 spiro atoms. The van der Waals surface area contributed by atoms with Gasteiger partial charge < -0.3 is 11.5 Å². The first-order valence-corrected chi connectivity index (χ1v) is 7.29. The molecule has 4 N–H and O–H groups in total. The minimum absolute atomic E-state index is 0.126. The van der Waals surface area contributed by atoms with Gasteiger partial charge in [0, 0.05) is 12.7 Å². The summed E-state index contributed by atoms with van der Waals surface area (Å²) in [7, 11) is 0. The fourth-order valence-corrected chi connectivity index (χ4v) is 5.67. The summed E-state index contributed by atoms with van der Waals surface area (Å²) in [6, 6.07) is 0. The fourth-order valence-electron chi connectivity index (χ4n) is 1.21. The van der Waals surface area contributed by atoms with Gasteiger partial charge in [-0.15, -0.1) is 0 Å². The summed E-state index contributed by atoms with van der Waals surface area (Å²) < 4.78 is 1.84. The first-order valence-electron chi connectivity index (χ1n) is 4.05. The van der Waals surface area contributed by atoms with E-state index in [4.69, 9.17) is 11.5 Å². The number of Topliss-reactive ketones (excluding diaryl/α,β-unsaturated/α-hetero) is 1. The molecular formula is C9H7I3N2O2. The van der Waals surface area contributed by atoms with Crippen LogP contribution in [0, 0.1) is 10.7 Å². The molecule has 0 aliphatic carbocycles. The van der Waals surface area contributed by atoms with Crippen LogP contribution in [-0.2, 0) is 0 Å². The van der Waals surface area contributed by atoms with E-state index in [1.54, 1.807) is 0 Å². The lowest BCUT2D eigenvalue weighted by Gasteiger charge is -2.13. The zero-order valence-corrected chi connectivity index (χ0v) is 14.6. The molecule has 4 nitrogen and oxygen atoms in total. The third kappa shape index (κ3) is 2.44. The summed E-state index contributed by atoms with van der Waals surface area (Å²) in [6.07, 6.45) is 0. The first-order chi connectivity index (χ1) is 7.29. The predicted octanol–water partition coefficient (Wildman–Crippen LogP) is 2.38. The third-order valence-electron chi connectivity index (χ3n) is 1.95. The van der Waals surface area contributed by atoms with Crippen LogP contribution in [0.1, 0.15) is 27.6 Å². The second kappa shape index (κ2) is 5.33. The van der Waals surface area contributed by atoms with Crippen molar-refractivity contribution in [2.24, 2.45) is 5.73 Å². The molecule has 86 valence electrons. The van der Waals surface area contributed by atoms with Crippen molar-refractivity contribution in [1.82, 2.24) is 0 Å². The topological polar surface area (TPSA) is 86.2 Å². The van der Waals surface area contributed by atoms with Gasteiger partial charge in [0.25, 0.3) is 5.91 Å². The van der Waals surface area contributed by atoms with E-state index in [2.05, 4.69) is 0 Å². The molecule has 0 bridgehead atoms. The molecule has 0 aliphatic heterocycles. The van der Waals surface area contributed by atoms with E-state index in [1.165, 1.54) is 6.92 Å². The van der Waals surface area contributed by atoms with Gasteiger partial charge in [-0.2, -0.15) is 0 Å². The van der Waals surface area contributed by atoms with E-state index in [9.17, 15) is 9.59 Å². The summed E-state index contributed by atoms with van der Waals surface area (Å²) in [5.74, 6) is -0.696. The van der Waals surface area contributed by atoms with Gasteiger partial charge in [0.2, 0.25) is 0 Å². The maximum Gasteiger partial charge on any atom is 0.250 e. The number of halogens is 3. The van der Waals surface area contributed by atoms with E-state index in [0.29, 0.717) is 27.5 Å². The number of carbonyl (C=O) groups is 2. The van der Waals surface area contributed by atoms with Crippen molar-refractivity contribution in [2.45, 2.75) is 6.92 Å². The zero-order chi connectivity index (χ0) is 12.6. The second-order valence-corrected chi connectivity index (χ2v) is 6.26. The fraction of sp³-hybridized carbons (Fsp3) is 0.111. The summed E-state index contributed by atoms with van der Waals surface area (Å²) in [5.41, 5.74) is 12.4. The van der Waals surface area contributed by atoms with Crippen LogP contribution in [0.3, 0.4) is 0 Å². The van der Waals surface area contributed by atoms with Crippen LogP contribution in [0.25, 0.3) is 0 Å². The van der Waals surface area contributed by atoms with Crippen molar-refractivity contribution in [3.8, 4) is 0 Å². The molecule has 0 atom stereocenters. The monoisotopic (exact) mass is 556 g/mol. The molecule has 0 saturated carbocycles. The molecule has 0 radical (unpaired) electrons. The molecule has 0 aromatic heterocycles. The number of ketones is 1. The van der Waals surface area contributed by atoms with E-state index < -0.39 is 5.91 Å². The number of amides is 1. The molecule has 7 heteroatoms. The predicted molar refractivity (Wildman–Crippen MR) is 87.5 cm³/mol. The number of nitrogen functional groups attached to an aromatic ring is 1. The lowest BCUT2D eigenvalue weighted by Crippen LogP contribution is -2.19. The molecule has 1 aromatic carbocycles. The summed E-state index contributed by atoms with van der Waals surface area (Å²) in [6.45, 7) is 1.44. The summed E-state index contributed by atoms with van der Waals surface area (Å²) in [5, 5.41) is 0. The average Bonchev–Trinajstić information content (AvgIpc) is 2.13. The maximum atomic E-state index is 11.5. The highest BCUT2D eigenvalue weighted by atomic mass is 127. The first kappa shape index (κ1) is 14.4. The highest BCUT2D eigenvalue weighted by Gasteiger charge is 2.23. The number of hydrogen-bond acceptors (Lipinski definition) is 3. The molecule has 1 aromatic rings. The van der Waals surface area contributed by atoms with Crippen LogP contribution < -0.4 is 11.5 Å². The Labute approximate surface area is 133 Å². The number of benzene rings is 1. The standard InChI is InChI=1S/C9H7I3N2O2/c1-2(15)3-5(10)4(9(14)16)7(12)8(13)6(3)11/h13H2,1H3,(H2,14,16). The Balaban J connectivity index is 3.80. The number of primary amides is 1. The molecule has 16 heavy (non-hydrogen) atoms. The van der Waals surface area contributed by atoms with Gasteiger partial charge in [0.1, 0.15) is 0 Å². The van der Waals surface area contributed by atoms with Crippen molar-refractivity contribution in [2.75, 3.05) is 5.73 Å². The molecular weight excluding hydrogens is 549 g/mol. The minimum Gasteiger partial charge on any atom is -0.397 e. The minimum atomic E-state index is -0.570. The smallest absolute Gasteiger partial charge is 0.250 e. The number of carbonyl (C=O) groups excluding carboxylic acids is 2. The Morgan fingerprint density at radius 3 is 1.81 bits per heavy atom. The lowest BCUT2D eigenvalue weighted by atomic mass is 10.1. The molecule has 0 saturated heterocycles. The Morgan fingerprint density at radius 1 is 1.00 bits per heavy atom. The zero-order valence-electron chi connectivity index (χ0n) is 8.11. The molecule has 0 aliphatic rings. The quantitative estimate of drug-likeness (QED) is 0.334. The molecule has 0 unspecified atom stereocenters. The van der Waals surface area contributed by atoms with Gasteiger partial charge in [-0.05, 0) is 74.7 Å². The summed E-state index contributed by atoms with van der Waals surface area (Å²) in [4.78, 5) is 22.8. The van der Waals surface area contributed by atoms with Gasteiger partial charge in [-0.3, -0.25) is 9.59 Å². The Kier molecular flexibility index (Phi) is 4.80. The van der Waals surface area contributed by atoms with Crippen LogP contribution in [-0.4, -0.2) is 11.7 Å². The highest BCUT2D eigenvalue weighted by molar-refractivity contribution is 14.1. The van der Waals surface area contributed by atoms with Crippen molar-refractivity contribution in [3.05, 3.63) is 21.8 Å². The number of rotatable bonds is 2. The van der Waals surface area contributed by atoms with Crippen LogP contribution >= 0.6 is 67.8 Å². The van der Waals surface area contributed by atoms with Crippen molar-refractivity contribution in [3.63, 3.8) is 0 Å². The van der Waals surface area contributed by atoms with E-state index >= 15 is 0 Å². The van der Waals surface area contributed by atoms with E-state index in [1.807, 2.05) is 67.8 Å². The van der Waals surface area contributed by atoms with Gasteiger partial charge >= 0.3 is 0 Å². The maximum absolute atomic E-state index is 11.5. The SMILES string of the molecule is CC(=O)c1c(I)c(N)c(I)c(C(N)=O)c1I. The molecule has 0 fully saturated rings. The highest BCUT2D eigenvalue weighted by Crippen LogP contribution is 2.33. The largest absolute Gasteiger partial charge is 0.397 e. The van der Waals surface area contributed by atoms with Crippen LogP contribution in [0.4, 0.5) is 5.69 Å². The Hall–Kier alpha value is 0.350. The van der Waals surface area contributed by atoms with Crippen LogP contribution in [0.15, 0.2) is 0 Å². The third-order valence-corrected chi connectivity index (χ3v) is 5.27. The van der Waals surface area contributed by atoms with Gasteiger partial charge in [-0.1, -0.05) is 0 Å². The van der Waals surface area contributed by atoms with Gasteiger partial charge in [0.15, 0.2) is 5.78 Å². The molecule has 0 heterocycles. The van der Waals surface area contributed by atoms with E-state index in [0.717, 1.165) is 0 Å². The number of anilines is 1. The van der Waals surface area contributed by atoms with Crippen LogP contribution in [0.2, 0.25) is 0 Å². The normalized spacial score (nSPS) is 10.2. The van der Waals surface area contributed by atoms with Gasteiger partial charge in [-0.25, -0.2) is 0 Å². The Bertz CT molecular complexity index is 459. The van der Waals surface area contributed by atoms with Crippen molar-refractivity contribution < 1.29 is 9.59 Å². The second-order valence-electron chi connectivity index (χ2n) is 3.03. The van der Waals surface area contributed by atoms with Gasteiger partial charge in [0.05, 0.1) is 14.8 Å². The van der Waals surface area contributed by atoms with Crippen LogP contribution in [0.5, 0.6) is 0 Å². The average molecular weight is 556 g/mol. The summed E-state index contributed by atoms with van der Waals surface area (Å²) >= 11 is 5.92. The van der Waals surface area contributed by atoms with Crippen molar-refractivity contribution in [1.29, 1.82) is 0 Å². The van der Waals surface area contributed by atoms with E-state index in [-0.39, 0.29) is 5.78 Å². The molecule has 1 rings (SSSR count). The molecule has 1 amide bonds. The lowest BCUT2D eigenvalue weighted by molar-refractivity contribution is 0.0998. The number of hydrogen-bond donors (Lipinski definition) is 2. The number of nitrogens with two attached hydrogens (primary N) is 2.